The normalized spacial score (nSPS) is 10.4. The zero-order chi connectivity index (χ0) is 16.9. The fourth-order valence-electron chi connectivity index (χ4n) is 2.12. The highest BCUT2D eigenvalue weighted by Crippen LogP contribution is 2.27. The Morgan fingerprint density at radius 1 is 1.17 bits per heavy atom. The summed E-state index contributed by atoms with van der Waals surface area (Å²) in [6.45, 7) is 2.58. The standard InChI is InChI=1S/C18H15ClN2O2S/c1-2-23-15-9-5-12(6-10-15)16-11-24-18(20-16)21-17(22)13-3-7-14(19)8-4-13/h3-11H,2H2,1H3,(H,20,21,22). The first-order valence-electron chi connectivity index (χ1n) is 7.41. The number of hydrogen-bond donors (Lipinski definition) is 1. The Bertz CT molecular complexity index is 829. The van der Waals surface area contributed by atoms with Crippen molar-refractivity contribution < 1.29 is 9.53 Å². The topological polar surface area (TPSA) is 51.2 Å². The van der Waals surface area contributed by atoms with Crippen LogP contribution >= 0.6 is 22.9 Å². The number of carbonyl (C=O) groups excluding carboxylic acids is 1. The molecule has 0 unspecified atom stereocenters. The van der Waals surface area contributed by atoms with Gasteiger partial charge in [-0.2, -0.15) is 0 Å². The molecular weight excluding hydrogens is 344 g/mol. The van der Waals surface area contributed by atoms with Crippen molar-refractivity contribution in [1.82, 2.24) is 4.98 Å². The minimum atomic E-state index is -0.209. The van der Waals surface area contributed by atoms with Crippen LogP contribution in [0.3, 0.4) is 0 Å². The molecule has 24 heavy (non-hydrogen) atoms. The maximum absolute atomic E-state index is 12.2. The molecular formula is C18H15ClN2O2S. The van der Waals surface area contributed by atoms with Gasteiger partial charge in [-0.1, -0.05) is 11.6 Å². The summed E-state index contributed by atoms with van der Waals surface area (Å²) in [5.74, 6) is 0.618. The SMILES string of the molecule is CCOc1ccc(-c2csc(NC(=O)c3ccc(Cl)cc3)n2)cc1. The number of thiazole rings is 1. The summed E-state index contributed by atoms with van der Waals surface area (Å²) in [6, 6.07) is 14.4. The molecule has 0 radical (unpaired) electrons. The average molecular weight is 359 g/mol. The first kappa shape index (κ1) is 16.5. The molecule has 3 aromatic rings. The Labute approximate surface area is 149 Å². The second kappa shape index (κ2) is 7.47. The molecule has 0 bridgehead atoms. The van der Waals surface area contributed by atoms with Crippen LogP contribution in [0.4, 0.5) is 5.13 Å². The molecule has 122 valence electrons. The van der Waals surface area contributed by atoms with E-state index in [1.54, 1.807) is 24.3 Å². The van der Waals surface area contributed by atoms with E-state index in [-0.39, 0.29) is 5.91 Å². The van der Waals surface area contributed by atoms with Gasteiger partial charge in [-0.15, -0.1) is 11.3 Å². The number of ether oxygens (including phenoxy) is 1. The van der Waals surface area contributed by atoms with E-state index in [4.69, 9.17) is 16.3 Å². The van der Waals surface area contributed by atoms with Gasteiger partial charge >= 0.3 is 0 Å². The predicted molar refractivity (Wildman–Crippen MR) is 98.1 cm³/mol. The van der Waals surface area contributed by atoms with Gasteiger partial charge in [0.15, 0.2) is 5.13 Å². The van der Waals surface area contributed by atoms with Crippen LogP contribution in [0.25, 0.3) is 11.3 Å². The van der Waals surface area contributed by atoms with Crippen LogP contribution in [0.15, 0.2) is 53.9 Å². The summed E-state index contributed by atoms with van der Waals surface area (Å²) >= 11 is 7.21. The third-order valence-electron chi connectivity index (χ3n) is 3.29. The van der Waals surface area contributed by atoms with E-state index >= 15 is 0 Å². The molecule has 0 aliphatic heterocycles. The number of rotatable bonds is 5. The van der Waals surface area contributed by atoms with Crippen LogP contribution in [0, 0.1) is 0 Å². The van der Waals surface area contributed by atoms with Crippen molar-refractivity contribution in [2.75, 3.05) is 11.9 Å². The second-order valence-corrected chi connectivity index (χ2v) is 6.25. The van der Waals surface area contributed by atoms with E-state index in [9.17, 15) is 4.79 Å². The zero-order valence-electron chi connectivity index (χ0n) is 13.0. The van der Waals surface area contributed by atoms with Gasteiger partial charge in [0.05, 0.1) is 12.3 Å². The van der Waals surface area contributed by atoms with E-state index in [1.165, 1.54) is 11.3 Å². The minimum absolute atomic E-state index is 0.209. The number of hydrogen-bond acceptors (Lipinski definition) is 4. The second-order valence-electron chi connectivity index (χ2n) is 4.96. The Balaban J connectivity index is 1.71. The Morgan fingerprint density at radius 3 is 2.54 bits per heavy atom. The van der Waals surface area contributed by atoms with Crippen molar-refractivity contribution >= 4 is 34.0 Å². The number of nitrogens with one attached hydrogen (secondary N) is 1. The van der Waals surface area contributed by atoms with Crippen LogP contribution in [0.5, 0.6) is 5.75 Å². The Kier molecular flexibility index (Phi) is 5.13. The molecule has 6 heteroatoms. The maximum atomic E-state index is 12.2. The van der Waals surface area contributed by atoms with E-state index in [0.29, 0.717) is 22.3 Å². The fourth-order valence-corrected chi connectivity index (χ4v) is 2.96. The smallest absolute Gasteiger partial charge is 0.257 e. The summed E-state index contributed by atoms with van der Waals surface area (Å²) in [5, 5.41) is 5.86. The van der Waals surface area contributed by atoms with Crippen LogP contribution in [-0.4, -0.2) is 17.5 Å². The van der Waals surface area contributed by atoms with Gasteiger partial charge < -0.3 is 4.74 Å². The molecule has 0 atom stereocenters. The number of halogens is 1. The average Bonchev–Trinajstić information content (AvgIpc) is 3.05. The van der Waals surface area contributed by atoms with Crippen molar-refractivity contribution in [2.24, 2.45) is 0 Å². The third-order valence-corrected chi connectivity index (χ3v) is 4.30. The number of anilines is 1. The van der Waals surface area contributed by atoms with Gasteiger partial charge in [0.25, 0.3) is 5.91 Å². The highest BCUT2D eigenvalue weighted by Gasteiger charge is 2.10. The van der Waals surface area contributed by atoms with Gasteiger partial charge in [-0.05, 0) is 55.5 Å². The summed E-state index contributed by atoms with van der Waals surface area (Å²) < 4.78 is 5.43. The molecule has 0 spiro atoms. The molecule has 0 aliphatic carbocycles. The van der Waals surface area contributed by atoms with Gasteiger partial charge in [0.1, 0.15) is 5.75 Å². The number of nitrogens with zero attached hydrogens (tertiary/aromatic N) is 1. The fraction of sp³-hybridized carbons (Fsp3) is 0.111. The molecule has 1 aromatic heterocycles. The molecule has 0 fully saturated rings. The lowest BCUT2D eigenvalue weighted by molar-refractivity contribution is 0.102. The van der Waals surface area contributed by atoms with E-state index in [0.717, 1.165) is 17.0 Å². The summed E-state index contributed by atoms with van der Waals surface area (Å²) in [5.41, 5.74) is 2.33. The van der Waals surface area contributed by atoms with E-state index in [1.807, 2.05) is 36.6 Å². The summed E-state index contributed by atoms with van der Waals surface area (Å²) in [7, 11) is 0. The van der Waals surface area contributed by atoms with Crippen LogP contribution in [0.2, 0.25) is 5.02 Å². The molecule has 2 aromatic carbocycles. The van der Waals surface area contributed by atoms with Gasteiger partial charge in [0, 0.05) is 21.5 Å². The molecule has 4 nitrogen and oxygen atoms in total. The monoisotopic (exact) mass is 358 g/mol. The van der Waals surface area contributed by atoms with Gasteiger partial charge in [-0.25, -0.2) is 4.98 Å². The van der Waals surface area contributed by atoms with Crippen molar-refractivity contribution in [1.29, 1.82) is 0 Å². The maximum Gasteiger partial charge on any atom is 0.257 e. The molecule has 1 N–H and O–H groups in total. The van der Waals surface area contributed by atoms with Gasteiger partial charge in [0.2, 0.25) is 0 Å². The lowest BCUT2D eigenvalue weighted by Crippen LogP contribution is -2.11. The zero-order valence-corrected chi connectivity index (χ0v) is 14.5. The highest BCUT2D eigenvalue weighted by atomic mass is 35.5. The number of amides is 1. The van der Waals surface area contributed by atoms with Crippen molar-refractivity contribution in [3.05, 3.63) is 64.5 Å². The van der Waals surface area contributed by atoms with Crippen molar-refractivity contribution in [3.8, 4) is 17.0 Å². The quantitative estimate of drug-likeness (QED) is 0.689. The van der Waals surface area contributed by atoms with E-state index < -0.39 is 0 Å². The Hall–Kier alpha value is -2.37. The highest BCUT2D eigenvalue weighted by molar-refractivity contribution is 7.14. The Morgan fingerprint density at radius 2 is 1.88 bits per heavy atom. The van der Waals surface area contributed by atoms with Crippen LogP contribution in [0.1, 0.15) is 17.3 Å². The van der Waals surface area contributed by atoms with Crippen molar-refractivity contribution in [3.63, 3.8) is 0 Å². The number of carbonyl (C=O) groups is 1. The summed E-state index contributed by atoms with van der Waals surface area (Å²) in [4.78, 5) is 16.6. The first-order chi connectivity index (χ1) is 11.7. The van der Waals surface area contributed by atoms with Gasteiger partial charge in [-0.3, -0.25) is 10.1 Å². The van der Waals surface area contributed by atoms with Crippen LogP contribution in [-0.2, 0) is 0 Å². The van der Waals surface area contributed by atoms with Crippen molar-refractivity contribution in [2.45, 2.75) is 6.92 Å². The molecule has 3 rings (SSSR count). The molecule has 0 saturated heterocycles. The summed E-state index contributed by atoms with van der Waals surface area (Å²) in [6.07, 6.45) is 0. The third kappa shape index (κ3) is 3.93. The molecule has 1 heterocycles. The number of benzene rings is 2. The lowest BCUT2D eigenvalue weighted by Gasteiger charge is -2.03. The minimum Gasteiger partial charge on any atom is -0.494 e. The lowest BCUT2D eigenvalue weighted by atomic mass is 10.2. The molecule has 0 saturated carbocycles. The van der Waals surface area contributed by atoms with Crippen LogP contribution < -0.4 is 10.1 Å². The largest absolute Gasteiger partial charge is 0.494 e. The molecule has 0 aliphatic rings. The first-order valence-corrected chi connectivity index (χ1v) is 8.67. The number of aromatic nitrogens is 1. The van der Waals surface area contributed by atoms with E-state index in [2.05, 4.69) is 10.3 Å². The predicted octanol–water partition coefficient (Wildman–Crippen LogP) is 5.11. The molecule has 1 amide bonds.